The van der Waals surface area contributed by atoms with E-state index in [2.05, 4.69) is 5.32 Å². The summed E-state index contributed by atoms with van der Waals surface area (Å²) in [7, 11) is 0. The van der Waals surface area contributed by atoms with E-state index in [9.17, 15) is 5.11 Å². The van der Waals surface area contributed by atoms with Crippen LogP contribution >= 0.6 is 0 Å². The molecule has 2 aliphatic rings. The summed E-state index contributed by atoms with van der Waals surface area (Å²) >= 11 is 0. The van der Waals surface area contributed by atoms with Crippen molar-refractivity contribution in [1.82, 2.24) is 0 Å². The van der Waals surface area contributed by atoms with Crippen LogP contribution in [0.15, 0.2) is 12.1 Å². The van der Waals surface area contributed by atoms with Crippen LogP contribution in [0.3, 0.4) is 0 Å². The predicted molar refractivity (Wildman–Crippen MR) is 48.0 cm³/mol. The van der Waals surface area contributed by atoms with Crippen LogP contribution in [0.25, 0.3) is 0 Å². The zero-order valence-corrected chi connectivity index (χ0v) is 7.69. The van der Waals surface area contributed by atoms with Gasteiger partial charge in [0.2, 0.25) is 6.79 Å². The number of nitrogens with two attached hydrogens (primary N) is 1. The summed E-state index contributed by atoms with van der Waals surface area (Å²) in [5.74, 6) is 1.55. The Morgan fingerprint density at radius 3 is 2.93 bits per heavy atom. The Kier molecular flexibility index (Phi) is 1.65. The highest BCUT2D eigenvalue weighted by atomic mass is 16.7. The number of hydrogen-bond acceptors (Lipinski definition) is 3. The fraction of sp³-hybridized carbons (Fsp3) is 0.400. The van der Waals surface area contributed by atoms with Crippen molar-refractivity contribution >= 4 is 0 Å². The first-order chi connectivity index (χ1) is 6.84. The minimum absolute atomic E-state index is 0.290. The van der Waals surface area contributed by atoms with E-state index in [-0.39, 0.29) is 12.9 Å². The van der Waals surface area contributed by atoms with Crippen molar-refractivity contribution < 1.29 is 19.9 Å². The average Bonchev–Trinajstić information content (AvgIpc) is 2.62. The Morgan fingerprint density at radius 1 is 1.29 bits per heavy atom. The highest BCUT2D eigenvalue weighted by Crippen LogP contribution is 2.36. The maximum absolute atomic E-state index is 9.76. The number of hydrogen-bond donors (Lipinski definition) is 2. The molecule has 0 radical (unpaired) electrons. The van der Waals surface area contributed by atoms with Gasteiger partial charge in [-0.05, 0) is 17.7 Å². The van der Waals surface area contributed by atoms with Crippen molar-refractivity contribution in [1.29, 1.82) is 0 Å². The quantitative estimate of drug-likeness (QED) is 0.587. The van der Waals surface area contributed by atoms with Gasteiger partial charge in [0.15, 0.2) is 11.5 Å². The van der Waals surface area contributed by atoms with Crippen molar-refractivity contribution in [3.63, 3.8) is 0 Å². The Bertz CT molecular complexity index is 378. The molecule has 0 bridgehead atoms. The third kappa shape index (κ3) is 1.08. The molecule has 2 aliphatic heterocycles. The molecule has 3 N–H and O–H groups in total. The summed E-state index contributed by atoms with van der Waals surface area (Å²) < 4.78 is 10.6. The van der Waals surface area contributed by atoms with E-state index in [1.54, 1.807) is 0 Å². The Hall–Kier alpha value is -1.26. The third-order valence-electron chi connectivity index (χ3n) is 2.75. The number of rotatable bonds is 0. The topological polar surface area (TPSA) is 55.3 Å². The van der Waals surface area contributed by atoms with Crippen LogP contribution in [-0.4, -0.2) is 18.4 Å². The van der Waals surface area contributed by atoms with Crippen LogP contribution in [0.2, 0.25) is 0 Å². The first-order valence-electron chi connectivity index (χ1n) is 4.77. The number of benzene rings is 1. The Labute approximate surface area is 81.5 Å². The molecule has 0 aliphatic carbocycles. The van der Waals surface area contributed by atoms with Gasteiger partial charge in [0, 0.05) is 5.56 Å². The van der Waals surface area contributed by atoms with Crippen LogP contribution in [0, 0.1) is 0 Å². The Morgan fingerprint density at radius 2 is 2.07 bits per heavy atom. The molecule has 0 aromatic heterocycles. The monoisotopic (exact) mass is 194 g/mol. The van der Waals surface area contributed by atoms with E-state index >= 15 is 0 Å². The van der Waals surface area contributed by atoms with Crippen LogP contribution < -0.4 is 14.8 Å². The van der Waals surface area contributed by atoms with Crippen molar-refractivity contribution in [3.05, 3.63) is 23.3 Å². The first kappa shape index (κ1) is 8.08. The standard InChI is InChI=1S/C10H11NO3/c12-8-4-11-3-6-1-9-10(2-7(6)8)14-5-13-9/h1-2,8,11-12H,3-5H2/p+1/t8-/m1/s1. The molecule has 0 spiro atoms. The van der Waals surface area contributed by atoms with Gasteiger partial charge in [0.1, 0.15) is 19.2 Å². The number of aliphatic hydroxyl groups is 1. The fourth-order valence-corrected chi connectivity index (χ4v) is 2.01. The largest absolute Gasteiger partial charge is 0.454 e. The smallest absolute Gasteiger partial charge is 0.231 e. The molecule has 0 saturated heterocycles. The normalized spacial score (nSPS) is 23.4. The molecule has 4 heteroatoms. The van der Waals surface area contributed by atoms with Gasteiger partial charge in [-0.3, -0.25) is 0 Å². The van der Waals surface area contributed by atoms with Gasteiger partial charge in [-0.25, -0.2) is 0 Å². The minimum Gasteiger partial charge on any atom is -0.454 e. The van der Waals surface area contributed by atoms with Gasteiger partial charge in [-0.15, -0.1) is 0 Å². The van der Waals surface area contributed by atoms with Crippen LogP contribution in [0.5, 0.6) is 11.5 Å². The molecule has 0 amide bonds. The zero-order valence-electron chi connectivity index (χ0n) is 7.69. The average molecular weight is 194 g/mol. The van der Waals surface area contributed by atoms with Gasteiger partial charge in [-0.1, -0.05) is 0 Å². The van der Waals surface area contributed by atoms with Gasteiger partial charge in [0.25, 0.3) is 0 Å². The summed E-state index contributed by atoms with van der Waals surface area (Å²) in [5.41, 5.74) is 2.13. The molecule has 0 fully saturated rings. The molecule has 1 aromatic carbocycles. The van der Waals surface area contributed by atoms with E-state index in [0.29, 0.717) is 0 Å². The second kappa shape index (κ2) is 2.87. The van der Waals surface area contributed by atoms with Crippen LogP contribution in [0.1, 0.15) is 17.2 Å². The van der Waals surface area contributed by atoms with Crippen molar-refractivity contribution in [2.24, 2.45) is 0 Å². The summed E-state index contributed by atoms with van der Waals surface area (Å²) in [4.78, 5) is 0. The van der Waals surface area contributed by atoms with E-state index < -0.39 is 0 Å². The number of ether oxygens (including phenoxy) is 2. The summed E-state index contributed by atoms with van der Waals surface area (Å²) in [6.45, 7) is 1.92. The second-order valence-corrected chi connectivity index (χ2v) is 3.65. The maximum atomic E-state index is 9.76. The number of aliphatic hydroxyl groups excluding tert-OH is 1. The van der Waals surface area contributed by atoms with Crippen LogP contribution in [-0.2, 0) is 6.54 Å². The molecule has 1 aromatic rings. The number of fused-ring (bicyclic) bond motifs is 2. The molecule has 3 rings (SSSR count). The third-order valence-corrected chi connectivity index (χ3v) is 2.75. The molecule has 14 heavy (non-hydrogen) atoms. The second-order valence-electron chi connectivity index (χ2n) is 3.65. The molecule has 4 nitrogen and oxygen atoms in total. The van der Waals surface area contributed by atoms with E-state index in [1.165, 1.54) is 0 Å². The first-order valence-corrected chi connectivity index (χ1v) is 4.77. The molecule has 74 valence electrons. The molecule has 0 unspecified atom stereocenters. The highest BCUT2D eigenvalue weighted by Gasteiger charge is 2.25. The summed E-state index contributed by atoms with van der Waals surface area (Å²) in [6.07, 6.45) is -0.381. The van der Waals surface area contributed by atoms with Gasteiger partial charge in [0.05, 0.1) is 0 Å². The fourth-order valence-electron chi connectivity index (χ4n) is 2.01. The zero-order chi connectivity index (χ0) is 9.54. The number of quaternary nitrogens is 1. The summed E-state index contributed by atoms with van der Waals surface area (Å²) in [6, 6.07) is 3.87. The van der Waals surface area contributed by atoms with Crippen molar-refractivity contribution in [2.75, 3.05) is 13.3 Å². The van der Waals surface area contributed by atoms with E-state index in [4.69, 9.17) is 9.47 Å². The molecule has 2 heterocycles. The molecular formula is C10H12NO3+. The SMILES string of the molecule is O[C@@H]1C[NH2+]Cc2cc3c(cc21)OCO3. The molecule has 0 saturated carbocycles. The van der Waals surface area contributed by atoms with Crippen molar-refractivity contribution in [3.8, 4) is 11.5 Å². The van der Waals surface area contributed by atoms with Gasteiger partial charge >= 0.3 is 0 Å². The molecule has 1 atom stereocenters. The highest BCUT2D eigenvalue weighted by molar-refractivity contribution is 5.49. The van der Waals surface area contributed by atoms with E-state index in [1.807, 2.05) is 12.1 Å². The minimum atomic E-state index is -0.381. The van der Waals surface area contributed by atoms with Gasteiger partial charge in [-0.2, -0.15) is 0 Å². The van der Waals surface area contributed by atoms with Crippen molar-refractivity contribution in [2.45, 2.75) is 12.6 Å². The lowest BCUT2D eigenvalue weighted by Gasteiger charge is -2.19. The van der Waals surface area contributed by atoms with Crippen LogP contribution in [0.4, 0.5) is 0 Å². The van der Waals surface area contributed by atoms with E-state index in [0.717, 1.165) is 35.7 Å². The Balaban J connectivity index is 2.12. The summed E-state index contributed by atoms with van der Waals surface area (Å²) in [5, 5.41) is 11.9. The lowest BCUT2D eigenvalue weighted by Crippen LogP contribution is -2.85. The predicted octanol–water partition coefficient (Wildman–Crippen LogP) is -0.474. The molecular weight excluding hydrogens is 182 g/mol. The maximum Gasteiger partial charge on any atom is 0.231 e. The lowest BCUT2D eigenvalue weighted by atomic mass is 9.98. The lowest BCUT2D eigenvalue weighted by molar-refractivity contribution is -0.681. The van der Waals surface area contributed by atoms with Gasteiger partial charge < -0.3 is 19.9 Å².